The van der Waals surface area contributed by atoms with Crippen molar-refractivity contribution < 1.29 is 9.53 Å². The summed E-state index contributed by atoms with van der Waals surface area (Å²) in [4.78, 5) is 13.3. The third-order valence-electron chi connectivity index (χ3n) is 2.45. The van der Waals surface area contributed by atoms with Gasteiger partial charge in [0.25, 0.3) is 0 Å². The molecule has 1 heterocycles. The molecule has 4 nitrogen and oxygen atoms in total. The Hall–Kier alpha value is -0.870. The quantitative estimate of drug-likeness (QED) is 0.545. The second-order valence-electron chi connectivity index (χ2n) is 3.82. The van der Waals surface area contributed by atoms with Crippen molar-refractivity contribution in [2.24, 2.45) is 5.73 Å². The van der Waals surface area contributed by atoms with Crippen LogP contribution >= 0.6 is 0 Å². The number of esters is 1. The Kier molecular flexibility index (Phi) is 5.36. The van der Waals surface area contributed by atoms with Crippen molar-refractivity contribution in [3.63, 3.8) is 0 Å². The molecule has 4 heteroatoms. The predicted molar refractivity (Wildman–Crippen MR) is 59.4 cm³/mol. The molecule has 0 aliphatic carbocycles. The fourth-order valence-corrected chi connectivity index (χ4v) is 1.75. The smallest absolute Gasteiger partial charge is 0.330 e. The van der Waals surface area contributed by atoms with E-state index in [0.717, 1.165) is 32.5 Å². The molecule has 1 rings (SSSR count). The highest BCUT2D eigenvalue weighted by Crippen LogP contribution is 2.07. The number of hydrogen-bond acceptors (Lipinski definition) is 4. The van der Waals surface area contributed by atoms with E-state index in [1.807, 2.05) is 6.08 Å². The molecule has 1 saturated heterocycles. The molecular weight excluding hydrogens is 192 g/mol. The Morgan fingerprint density at radius 3 is 3.13 bits per heavy atom. The monoisotopic (exact) mass is 212 g/mol. The summed E-state index contributed by atoms with van der Waals surface area (Å²) in [7, 11) is 0. The summed E-state index contributed by atoms with van der Waals surface area (Å²) in [5.41, 5.74) is 5.85. The van der Waals surface area contributed by atoms with E-state index in [0.29, 0.717) is 6.61 Å². The maximum Gasteiger partial charge on any atom is 0.330 e. The van der Waals surface area contributed by atoms with Gasteiger partial charge in [-0.1, -0.05) is 6.08 Å². The van der Waals surface area contributed by atoms with E-state index in [2.05, 4.69) is 4.90 Å². The van der Waals surface area contributed by atoms with Crippen LogP contribution in [-0.4, -0.2) is 43.2 Å². The first-order valence-electron chi connectivity index (χ1n) is 5.53. The molecule has 1 aliphatic heterocycles. The molecule has 0 aromatic carbocycles. The zero-order valence-corrected chi connectivity index (χ0v) is 9.32. The summed E-state index contributed by atoms with van der Waals surface area (Å²) < 4.78 is 4.78. The van der Waals surface area contributed by atoms with E-state index in [9.17, 15) is 4.79 Å². The lowest BCUT2D eigenvalue weighted by molar-refractivity contribution is -0.137. The molecule has 2 N–H and O–H groups in total. The maximum atomic E-state index is 11.0. The highest BCUT2D eigenvalue weighted by Gasteiger charge is 2.14. The van der Waals surface area contributed by atoms with E-state index >= 15 is 0 Å². The number of carbonyl (C=O) groups excluding carboxylic acids is 1. The number of carbonyl (C=O) groups is 1. The van der Waals surface area contributed by atoms with Gasteiger partial charge in [-0.2, -0.15) is 0 Å². The van der Waals surface area contributed by atoms with E-state index in [1.165, 1.54) is 6.08 Å². The van der Waals surface area contributed by atoms with E-state index in [1.54, 1.807) is 6.92 Å². The molecule has 0 bridgehead atoms. The first-order valence-corrected chi connectivity index (χ1v) is 5.53. The summed E-state index contributed by atoms with van der Waals surface area (Å²) in [6.45, 7) is 5.01. The Labute approximate surface area is 91.1 Å². The summed E-state index contributed by atoms with van der Waals surface area (Å²) in [6, 6.07) is 0.287. The molecule has 1 fully saturated rings. The number of hydrogen-bond donors (Lipinski definition) is 1. The molecule has 0 radical (unpaired) electrons. The molecule has 0 amide bonds. The summed E-state index contributed by atoms with van der Waals surface area (Å²) in [5.74, 6) is -0.265. The Morgan fingerprint density at radius 1 is 1.67 bits per heavy atom. The zero-order chi connectivity index (χ0) is 11.1. The molecule has 1 atom stereocenters. The second-order valence-corrected chi connectivity index (χ2v) is 3.82. The van der Waals surface area contributed by atoms with Gasteiger partial charge in [-0.3, -0.25) is 4.90 Å². The van der Waals surface area contributed by atoms with E-state index in [-0.39, 0.29) is 12.0 Å². The molecule has 0 saturated carbocycles. The number of rotatable bonds is 4. The van der Waals surface area contributed by atoms with Crippen molar-refractivity contribution in [1.29, 1.82) is 0 Å². The molecule has 86 valence electrons. The first-order chi connectivity index (χ1) is 7.22. The number of piperidine rings is 1. The van der Waals surface area contributed by atoms with Gasteiger partial charge in [-0.05, 0) is 26.3 Å². The highest BCUT2D eigenvalue weighted by atomic mass is 16.5. The minimum Gasteiger partial charge on any atom is -0.463 e. The van der Waals surface area contributed by atoms with Gasteiger partial charge < -0.3 is 10.5 Å². The van der Waals surface area contributed by atoms with Crippen LogP contribution in [0.3, 0.4) is 0 Å². The van der Waals surface area contributed by atoms with Crippen LogP contribution < -0.4 is 5.73 Å². The van der Waals surface area contributed by atoms with Crippen LogP contribution in [0.4, 0.5) is 0 Å². The van der Waals surface area contributed by atoms with E-state index in [4.69, 9.17) is 10.5 Å². The van der Waals surface area contributed by atoms with Gasteiger partial charge in [-0.15, -0.1) is 0 Å². The van der Waals surface area contributed by atoms with Crippen molar-refractivity contribution in [2.45, 2.75) is 25.8 Å². The fourth-order valence-electron chi connectivity index (χ4n) is 1.75. The summed E-state index contributed by atoms with van der Waals surface area (Å²) in [5, 5.41) is 0. The third kappa shape index (κ3) is 4.95. The van der Waals surface area contributed by atoms with Crippen LogP contribution in [-0.2, 0) is 9.53 Å². The van der Waals surface area contributed by atoms with Gasteiger partial charge in [0.1, 0.15) is 0 Å². The number of ether oxygens (including phenoxy) is 1. The summed E-state index contributed by atoms with van der Waals surface area (Å²) >= 11 is 0. The van der Waals surface area contributed by atoms with Gasteiger partial charge in [0, 0.05) is 25.2 Å². The Morgan fingerprint density at radius 2 is 2.47 bits per heavy atom. The molecule has 15 heavy (non-hydrogen) atoms. The lowest BCUT2D eigenvalue weighted by Crippen LogP contribution is -2.42. The third-order valence-corrected chi connectivity index (χ3v) is 2.45. The number of nitrogens with zero attached hydrogens (tertiary/aromatic N) is 1. The average molecular weight is 212 g/mol. The highest BCUT2D eigenvalue weighted by molar-refractivity contribution is 5.81. The summed E-state index contributed by atoms with van der Waals surface area (Å²) in [6.07, 6.45) is 5.59. The second kappa shape index (κ2) is 6.58. The van der Waals surface area contributed by atoms with Crippen molar-refractivity contribution in [3.05, 3.63) is 12.2 Å². The molecule has 1 aliphatic rings. The van der Waals surface area contributed by atoms with Crippen LogP contribution in [0.2, 0.25) is 0 Å². The average Bonchev–Trinajstić information content (AvgIpc) is 2.18. The topological polar surface area (TPSA) is 55.6 Å². The van der Waals surface area contributed by atoms with Crippen molar-refractivity contribution in [1.82, 2.24) is 4.90 Å². The Bertz CT molecular complexity index is 229. The van der Waals surface area contributed by atoms with Gasteiger partial charge in [-0.25, -0.2) is 4.79 Å². The normalized spacial score (nSPS) is 23.2. The van der Waals surface area contributed by atoms with Crippen LogP contribution in [0.1, 0.15) is 19.8 Å². The van der Waals surface area contributed by atoms with Crippen LogP contribution in [0.15, 0.2) is 12.2 Å². The lowest BCUT2D eigenvalue weighted by atomic mass is 10.1. The van der Waals surface area contributed by atoms with Crippen LogP contribution in [0.25, 0.3) is 0 Å². The van der Waals surface area contributed by atoms with Crippen LogP contribution in [0, 0.1) is 0 Å². The van der Waals surface area contributed by atoms with Gasteiger partial charge in [0.05, 0.1) is 6.61 Å². The largest absolute Gasteiger partial charge is 0.463 e. The van der Waals surface area contributed by atoms with Gasteiger partial charge in [0.2, 0.25) is 0 Å². The maximum absolute atomic E-state index is 11.0. The molecule has 0 unspecified atom stereocenters. The predicted octanol–water partition coefficient (Wildman–Crippen LogP) is 0.529. The fraction of sp³-hybridized carbons (Fsp3) is 0.727. The van der Waals surface area contributed by atoms with Crippen molar-refractivity contribution in [2.75, 3.05) is 26.2 Å². The number of nitrogens with two attached hydrogens (primary N) is 1. The molecule has 0 aromatic rings. The first kappa shape index (κ1) is 12.2. The minimum atomic E-state index is -0.265. The lowest BCUT2D eigenvalue weighted by Gasteiger charge is -2.29. The van der Waals surface area contributed by atoms with Crippen molar-refractivity contribution >= 4 is 5.97 Å². The Balaban J connectivity index is 2.20. The molecular formula is C11H20N2O2. The van der Waals surface area contributed by atoms with Crippen molar-refractivity contribution in [3.8, 4) is 0 Å². The van der Waals surface area contributed by atoms with Gasteiger partial charge in [0.15, 0.2) is 0 Å². The van der Waals surface area contributed by atoms with Gasteiger partial charge >= 0.3 is 5.97 Å². The molecule has 0 spiro atoms. The number of likely N-dealkylation sites (tertiary alicyclic amines) is 1. The van der Waals surface area contributed by atoms with E-state index < -0.39 is 0 Å². The minimum absolute atomic E-state index is 0.265. The molecule has 0 aromatic heterocycles. The standard InChI is InChI=1S/C11H20N2O2/c1-2-15-11(14)6-4-8-13-7-3-5-10(12)9-13/h4,6,10H,2-3,5,7-9,12H2,1H3/b6-4+/t10-/m1/s1. The zero-order valence-electron chi connectivity index (χ0n) is 9.32. The SMILES string of the molecule is CCOC(=O)/C=C/CN1CCC[C@@H](N)C1. The van der Waals surface area contributed by atoms with Crippen LogP contribution in [0.5, 0.6) is 0 Å².